The van der Waals surface area contributed by atoms with Crippen molar-refractivity contribution < 1.29 is 4.79 Å². The third-order valence-corrected chi connectivity index (χ3v) is 4.00. The predicted octanol–water partition coefficient (Wildman–Crippen LogP) is 1.63. The van der Waals surface area contributed by atoms with Crippen LogP contribution < -0.4 is 15.8 Å². The van der Waals surface area contributed by atoms with Crippen LogP contribution in [0.15, 0.2) is 53.5 Å². The van der Waals surface area contributed by atoms with E-state index in [9.17, 15) is 9.59 Å². The Morgan fingerprint density at radius 2 is 2.05 bits per heavy atom. The summed E-state index contributed by atoms with van der Waals surface area (Å²) in [7, 11) is 0. The van der Waals surface area contributed by atoms with Crippen LogP contribution in [0.25, 0.3) is 0 Å². The molecule has 5 nitrogen and oxygen atoms in total. The van der Waals surface area contributed by atoms with Crippen LogP contribution in [-0.4, -0.2) is 30.5 Å². The number of H-pyrrole nitrogens is 1. The van der Waals surface area contributed by atoms with E-state index in [0.717, 1.165) is 19.5 Å². The van der Waals surface area contributed by atoms with Crippen LogP contribution in [0.2, 0.25) is 0 Å². The second-order valence-corrected chi connectivity index (χ2v) is 5.59. The van der Waals surface area contributed by atoms with E-state index in [2.05, 4.69) is 27.3 Å². The molecule has 22 heavy (non-hydrogen) atoms. The van der Waals surface area contributed by atoms with Gasteiger partial charge in [-0.2, -0.15) is 0 Å². The number of pyridine rings is 1. The van der Waals surface area contributed by atoms with Crippen LogP contribution in [0.1, 0.15) is 16.8 Å². The fourth-order valence-electron chi connectivity index (χ4n) is 2.76. The minimum atomic E-state index is -0.203. The molecule has 1 aliphatic rings. The predicted molar refractivity (Wildman–Crippen MR) is 86.2 cm³/mol. The highest BCUT2D eigenvalue weighted by molar-refractivity contribution is 5.93. The number of aromatic amines is 1. The maximum Gasteiger partial charge on any atom is 0.252 e. The molecule has 2 heterocycles. The van der Waals surface area contributed by atoms with Crippen molar-refractivity contribution in [2.75, 3.05) is 24.5 Å². The average molecular weight is 297 g/mol. The highest BCUT2D eigenvalue weighted by Gasteiger charge is 2.23. The Morgan fingerprint density at radius 3 is 2.77 bits per heavy atom. The molecular weight excluding hydrogens is 278 g/mol. The molecule has 1 aromatic heterocycles. The summed E-state index contributed by atoms with van der Waals surface area (Å²) in [5.41, 5.74) is 1.51. The van der Waals surface area contributed by atoms with Gasteiger partial charge in [0.25, 0.3) is 5.91 Å². The zero-order valence-electron chi connectivity index (χ0n) is 12.3. The number of para-hydroxylation sites is 1. The number of nitrogens with one attached hydrogen (secondary N) is 2. The quantitative estimate of drug-likeness (QED) is 0.901. The minimum absolute atomic E-state index is 0.144. The smallest absolute Gasteiger partial charge is 0.252 e. The molecule has 1 amide bonds. The number of amides is 1. The van der Waals surface area contributed by atoms with E-state index in [1.165, 1.54) is 18.0 Å². The van der Waals surface area contributed by atoms with E-state index in [-0.39, 0.29) is 11.5 Å². The third kappa shape index (κ3) is 3.36. The van der Waals surface area contributed by atoms with E-state index in [1.807, 2.05) is 18.2 Å². The molecule has 0 unspecified atom stereocenters. The monoisotopic (exact) mass is 297 g/mol. The molecule has 0 saturated carbocycles. The van der Waals surface area contributed by atoms with Crippen molar-refractivity contribution >= 4 is 11.6 Å². The van der Waals surface area contributed by atoms with Gasteiger partial charge in [-0.15, -0.1) is 0 Å². The molecule has 1 fully saturated rings. The molecule has 5 heteroatoms. The number of aromatic nitrogens is 1. The standard InChI is InChI=1S/C17H19N3O2/c21-16-7-6-14(11-18-16)17(22)19-10-13-8-9-20(12-13)15-4-2-1-3-5-15/h1-7,11,13H,8-10,12H2,(H,18,21)(H,19,22)/t13-/m0/s1. The molecule has 1 atom stereocenters. The molecule has 2 N–H and O–H groups in total. The van der Waals surface area contributed by atoms with Gasteiger partial charge in [0.05, 0.1) is 5.56 Å². The Labute approximate surface area is 129 Å². The van der Waals surface area contributed by atoms with Crippen molar-refractivity contribution in [3.05, 3.63) is 64.6 Å². The van der Waals surface area contributed by atoms with Crippen molar-refractivity contribution in [3.63, 3.8) is 0 Å². The van der Waals surface area contributed by atoms with Crippen LogP contribution in [0.3, 0.4) is 0 Å². The number of carbonyl (C=O) groups is 1. The fraction of sp³-hybridized carbons (Fsp3) is 0.294. The zero-order chi connectivity index (χ0) is 15.4. The molecule has 0 radical (unpaired) electrons. The summed E-state index contributed by atoms with van der Waals surface area (Å²) < 4.78 is 0. The molecular formula is C17H19N3O2. The molecule has 3 rings (SSSR count). The first-order valence-corrected chi connectivity index (χ1v) is 7.49. The Hall–Kier alpha value is -2.56. The van der Waals surface area contributed by atoms with Crippen molar-refractivity contribution in [1.82, 2.24) is 10.3 Å². The van der Waals surface area contributed by atoms with Crippen molar-refractivity contribution in [1.29, 1.82) is 0 Å². The molecule has 1 aliphatic heterocycles. The molecule has 0 spiro atoms. The van der Waals surface area contributed by atoms with Crippen LogP contribution in [0.4, 0.5) is 5.69 Å². The van der Waals surface area contributed by atoms with E-state index >= 15 is 0 Å². The summed E-state index contributed by atoms with van der Waals surface area (Å²) in [4.78, 5) is 27.9. The van der Waals surface area contributed by atoms with Crippen molar-refractivity contribution in [2.45, 2.75) is 6.42 Å². The van der Waals surface area contributed by atoms with Gasteiger partial charge in [-0.3, -0.25) is 9.59 Å². The Balaban J connectivity index is 1.51. The summed E-state index contributed by atoms with van der Waals surface area (Å²) in [6, 6.07) is 13.2. The Morgan fingerprint density at radius 1 is 1.23 bits per heavy atom. The number of benzene rings is 1. The highest BCUT2D eigenvalue weighted by atomic mass is 16.1. The number of rotatable bonds is 4. The van der Waals surface area contributed by atoms with Gasteiger partial charge in [0.2, 0.25) is 5.56 Å². The zero-order valence-corrected chi connectivity index (χ0v) is 12.3. The maximum atomic E-state index is 12.0. The number of carbonyl (C=O) groups excluding carboxylic acids is 1. The number of hydrogen-bond acceptors (Lipinski definition) is 3. The van der Waals surface area contributed by atoms with Crippen LogP contribution in [-0.2, 0) is 0 Å². The SMILES string of the molecule is O=C(NC[C@@H]1CCN(c2ccccc2)C1)c1ccc(=O)[nH]c1. The first-order valence-electron chi connectivity index (χ1n) is 7.49. The van der Waals surface area contributed by atoms with Crippen LogP contribution >= 0.6 is 0 Å². The summed E-state index contributed by atoms with van der Waals surface area (Å²) >= 11 is 0. The van der Waals surface area contributed by atoms with Crippen LogP contribution in [0.5, 0.6) is 0 Å². The summed E-state index contributed by atoms with van der Waals surface area (Å²) in [6.45, 7) is 2.63. The third-order valence-electron chi connectivity index (χ3n) is 4.00. The van der Waals surface area contributed by atoms with Gasteiger partial charge in [0, 0.05) is 37.6 Å². The normalized spacial score (nSPS) is 17.5. The van der Waals surface area contributed by atoms with E-state index < -0.39 is 0 Å². The largest absolute Gasteiger partial charge is 0.371 e. The van der Waals surface area contributed by atoms with Gasteiger partial charge < -0.3 is 15.2 Å². The number of anilines is 1. The van der Waals surface area contributed by atoms with Gasteiger partial charge in [-0.25, -0.2) is 0 Å². The second kappa shape index (κ2) is 6.47. The second-order valence-electron chi connectivity index (χ2n) is 5.59. The first-order chi connectivity index (χ1) is 10.7. The lowest BCUT2D eigenvalue weighted by molar-refractivity contribution is 0.0948. The summed E-state index contributed by atoms with van der Waals surface area (Å²) in [5.74, 6) is 0.307. The number of nitrogens with zero attached hydrogens (tertiary/aromatic N) is 1. The summed E-state index contributed by atoms with van der Waals surface area (Å²) in [6.07, 6.45) is 2.52. The maximum absolute atomic E-state index is 12.0. The van der Waals surface area contributed by atoms with E-state index in [0.29, 0.717) is 18.0 Å². The molecule has 1 aromatic carbocycles. The van der Waals surface area contributed by atoms with Gasteiger partial charge in [0.1, 0.15) is 0 Å². The lowest BCUT2D eigenvalue weighted by atomic mass is 10.1. The average Bonchev–Trinajstić information content (AvgIpc) is 3.03. The van der Waals surface area contributed by atoms with E-state index in [4.69, 9.17) is 0 Å². The molecule has 0 bridgehead atoms. The van der Waals surface area contributed by atoms with Gasteiger partial charge in [-0.05, 0) is 30.5 Å². The minimum Gasteiger partial charge on any atom is -0.371 e. The highest BCUT2D eigenvalue weighted by Crippen LogP contribution is 2.22. The Kier molecular flexibility index (Phi) is 4.23. The molecule has 0 aliphatic carbocycles. The molecule has 114 valence electrons. The van der Waals surface area contributed by atoms with Crippen molar-refractivity contribution in [3.8, 4) is 0 Å². The first kappa shape index (κ1) is 14.4. The molecule has 1 saturated heterocycles. The van der Waals surface area contributed by atoms with Crippen molar-refractivity contribution in [2.24, 2.45) is 5.92 Å². The lowest BCUT2D eigenvalue weighted by Gasteiger charge is -2.18. The van der Waals surface area contributed by atoms with Gasteiger partial charge in [-0.1, -0.05) is 18.2 Å². The van der Waals surface area contributed by atoms with Gasteiger partial charge >= 0.3 is 0 Å². The van der Waals surface area contributed by atoms with E-state index in [1.54, 1.807) is 6.07 Å². The van der Waals surface area contributed by atoms with Crippen LogP contribution in [0, 0.1) is 5.92 Å². The lowest BCUT2D eigenvalue weighted by Crippen LogP contribution is -2.31. The number of hydrogen-bond donors (Lipinski definition) is 2. The fourth-order valence-corrected chi connectivity index (χ4v) is 2.76. The summed E-state index contributed by atoms with van der Waals surface area (Å²) in [5, 5.41) is 2.94. The van der Waals surface area contributed by atoms with Gasteiger partial charge in [0.15, 0.2) is 0 Å². The Bertz CT molecular complexity index is 676. The molecule has 2 aromatic rings. The topological polar surface area (TPSA) is 65.2 Å².